The van der Waals surface area contributed by atoms with Crippen molar-refractivity contribution in [2.75, 3.05) is 25.2 Å². The zero-order valence-corrected chi connectivity index (χ0v) is 4.79. The minimum atomic E-state index is 1.24. The maximum atomic E-state index is 2.32. The molecule has 1 radical (unpaired) electrons. The summed E-state index contributed by atoms with van der Waals surface area (Å²) in [5.41, 5.74) is 0. The van der Waals surface area contributed by atoms with E-state index in [9.17, 15) is 0 Å². The molecule has 1 saturated heterocycles. The van der Waals surface area contributed by atoms with Gasteiger partial charge in [0.05, 0.1) is 5.75 Å². The molecule has 0 aromatic rings. The van der Waals surface area contributed by atoms with E-state index in [-0.39, 0.29) is 0 Å². The van der Waals surface area contributed by atoms with Crippen molar-refractivity contribution in [1.82, 2.24) is 4.90 Å². The standard InChI is InChI=1S/C4H9NS/c1-5-2-3-6-4-5/h2-4H2,1H3/q+1. The van der Waals surface area contributed by atoms with Gasteiger partial charge in [-0.15, -0.1) is 0 Å². The molecular weight excluding hydrogens is 94.1 g/mol. The maximum Gasteiger partial charge on any atom is 0.169 e. The molecule has 1 aliphatic heterocycles. The molecule has 6 heavy (non-hydrogen) atoms. The smallest absolute Gasteiger partial charge is 0.162 e. The normalized spacial score (nSPS) is 25.5. The second-order valence-corrected chi connectivity index (χ2v) is 2.69. The van der Waals surface area contributed by atoms with Gasteiger partial charge in [-0.2, -0.15) is 4.90 Å². The summed E-state index contributed by atoms with van der Waals surface area (Å²) in [6, 6.07) is 0. The Hall–Kier alpha value is 0.310. The molecule has 35 valence electrons. The van der Waals surface area contributed by atoms with Crippen LogP contribution in [0.1, 0.15) is 0 Å². The van der Waals surface area contributed by atoms with Gasteiger partial charge in [0, 0.05) is 0 Å². The lowest BCUT2D eigenvalue weighted by atomic mass is 10.7. The SMILES string of the molecule is C[N+]1CCSC1. The average Bonchev–Trinajstić information content (AvgIpc) is 1.86. The highest BCUT2D eigenvalue weighted by molar-refractivity contribution is 7.99. The quantitative estimate of drug-likeness (QED) is 0.404. The third-order valence-electron chi connectivity index (χ3n) is 0.929. The van der Waals surface area contributed by atoms with Crippen molar-refractivity contribution in [3.05, 3.63) is 0 Å². The van der Waals surface area contributed by atoms with E-state index in [1.165, 1.54) is 18.2 Å². The molecule has 2 heteroatoms. The van der Waals surface area contributed by atoms with Crippen molar-refractivity contribution in [3.63, 3.8) is 0 Å². The van der Waals surface area contributed by atoms with E-state index in [0.717, 1.165) is 0 Å². The van der Waals surface area contributed by atoms with Gasteiger partial charge in [0.2, 0.25) is 0 Å². The predicted octanol–water partition coefficient (Wildman–Crippen LogP) is 0.461. The Morgan fingerprint density at radius 1 is 1.67 bits per heavy atom. The largest absolute Gasteiger partial charge is 0.169 e. The minimum absolute atomic E-state index is 1.24. The van der Waals surface area contributed by atoms with Crippen LogP contribution >= 0.6 is 11.8 Å². The number of rotatable bonds is 0. The van der Waals surface area contributed by atoms with Crippen LogP contribution in [0.4, 0.5) is 0 Å². The Bertz CT molecular complexity index is 40.8. The number of thioether (sulfide) groups is 1. The van der Waals surface area contributed by atoms with E-state index < -0.39 is 0 Å². The molecule has 0 saturated carbocycles. The van der Waals surface area contributed by atoms with E-state index in [4.69, 9.17) is 0 Å². The van der Waals surface area contributed by atoms with Crippen LogP contribution in [0, 0.1) is 0 Å². The molecule has 0 unspecified atom stereocenters. The molecule has 0 bridgehead atoms. The van der Waals surface area contributed by atoms with E-state index in [2.05, 4.69) is 11.9 Å². The second kappa shape index (κ2) is 1.85. The molecule has 1 rings (SSSR count). The highest BCUT2D eigenvalue weighted by Crippen LogP contribution is 2.06. The summed E-state index contributed by atoms with van der Waals surface area (Å²) >= 11 is 2.01. The van der Waals surface area contributed by atoms with Crippen LogP contribution in [-0.2, 0) is 0 Å². The van der Waals surface area contributed by atoms with Gasteiger partial charge in [-0.25, -0.2) is 0 Å². The van der Waals surface area contributed by atoms with Crippen molar-refractivity contribution in [1.29, 1.82) is 0 Å². The van der Waals surface area contributed by atoms with Crippen LogP contribution < -0.4 is 4.90 Å². The van der Waals surface area contributed by atoms with Gasteiger partial charge in [0.1, 0.15) is 13.6 Å². The monoisotopic (exact) mass is 103 g/mol. The van der Waals surface area contributed by atoms with Gasteiger partial charge in [0.25, 0.3) is 0 Å². The van der Waals surface area contributed by atoms with Crippen LogP contribution in [0.2, 0.25) is 0 Å². The molecule has 0 N–H and O–H groups in total. The first-order valence-corrected chi connectivity index (χ1v) is 3.31. The van der Waals surface area contributed by atoms with Crippen molar-refractivity contribution >= 4 is 11.8 Å². The van der Waals surface area contributed by atoms with Crippen LogP contribution in [0.25, 0.3) is 0 Å². The summed E-state index contributed by atoms with van der Waals surface area (Å²) in [6.07, 6.45) is 0. The van der Waals surface area contributed by atoms with E-state index in [0.29, 0.717) is 0 Å². The Kier molecular flexibility index (Phi) is 1.37. The Labute approximate surface area is 42.7 Å². The van der Waals surface area contributed by atoms with Crippen LogP contribution in [0.3, 0.4) is 0 Å². The van der Waals surface area contributed by atoms with E-state index in [1.54, 1.807) is 0 Å². The number of hydrogen-bond acceptors (Lipinski definition) is 2. The zero-order chi connectivity index (χ0) is 4.41. The molecule has 0 amide bonds. The summed E-state index contributed by atoms with van der Waals surface area (Å²) in [4.78, 5) is 2.32. The second-order valence-electron chi connectivity index (χ2n) is 1.62. The molecule has 0 aliphatic carbocycles. The topological polar surface area (TPSA) is 5.90 Å². The summed E-state index contributed by atoms with van der Waals surface area (Å²) < 4.78 is 0. The summed E-state index contributed by atoms with van der Waals surface area (Å²) in [5, 5.41) is 0. The number of nitrogens with zero attached hydrogens (tertiary/aromatic N) is 1. The van der Waals surface area contributed by atoms with Crippen LogP contribution in [-0.4, -0.2) is 25.2 Å². The molecular formula is C4H9NS+. The molecule has 1 nitrogen and oxygen atoms in total. The van der Waals surface area contributed by atoms with Gasteiger partial charge in [-0.1, -0.05) is 11.8 Å². The van der Waals surface area contributed by atoms with Gasteiger partial charge in [-0.3, -0.25) is 0 Å². The van der Waals surface area contributed by atoms with Crippen molar-refractivity contribution in [2.45, 2.75) is 0 Å². The Balaban J connectivity index is 2.18. The molecule has 0 atom stereocenters. The lowest BCUT2D eigenvalue weighted by Gasteiger charge is -1.87. The lowest BCUT2D eigenvalue weighted by Crippen LogP contribution is -2.18. The number of hydrogen-bond donors (Lipinski definition) is 0. The zero-order valence-electron chi connectivity index (χ0n) is 3.98. The van der Waals surface area contributed by atoms with Crippen molar-refractivity contribution in [2.24, 2.45) is 0 Å². The average molecular weight is 103 g/mol. The molecule has 1 fully saturated rings. The third-order valence-corrected chi connectivity index (χ3v) is 2.02. The Morgan fingerprint density at radius 2 is 2.50 bits per heavy atom. The van der Waals surface area contributed by atoms with Gasteiger partial charge < -0.3 is 0 Å². The molecule has 0 aromatic carbocycles. The summed E-state index contributed by atoms with van der Waals surface area (Å²) in [5.74, 6) is 2.57. The Morgan fingerprint density at radius 3 is 2.67 bits per heavy atom. The first-order valence-electron chi connectivity index (χ1n) is 2.16. The summed E-state index contributed by atoms with van der Waals surface area (Å²) in [7, 11) is 2.15. The molecule has 1 aliphatic rings. The summed E-state index contributed by atoms with van der Waals surface area (Å²) in [6.45, 7) is 1.28. The molecule has 1 heterocycles. The minimum Gasteiger partial charge on any atom is -0.162 e. The third kappa shape index (κ3) is 0.884. The molecule has 0 spiro atoms. The molecule has 0 aromatic heterocycles. The van der Waals surface area contributed by atoms with Gasteiger partial charge in [-0.05, 0) is 0 Å². The first kappa shape index (κ1) is 4.47. The van der Waals surface area contributed by atoms with Crippen molar-refractivity contribution < 1.29 is 0 Å². The van der Waals surface area contributed by atoms with Crippen LogP contribution in [0.5, 0.6) is 0 Å². The highest BCUT2D eigenvalue weighted by Gasteiger charge is 2.13. The van der Waals surface area contributed by atoms with Gasteiger partial charge >= 0.3 is 0 Å². The fourth-order valence-corrected chi connectivity index (χ4v) is 1.52. The fourth-order valence-electron chi connectivity index (χ4n) is 0.505. The van der Waals surface area contributed by atoms with E-state index in [1.807, 2.05) is 11.8 Å². The van der Waals surface area contributed by atoms with E-state index >= 15 is 0 Å². The lowest BCUT2D eigenvalue weighted by molar-refractivity contribution is 0.605. The maximum absolute atomic E-state index is 2.32. The van der Waals surface area contributed by atoms with Crippen molar-refractivity contribution in [3.8, 4) is 0 Å². The van der Waals surface area contributed by atoms with Gasteiger partial charge in [0.15, 0.2) is 5.88 Å². The first-order chi connectivity index (χ1) is 2.89. The predicted molar refractivity (Wildman–Crippen MR) is 30.2 cm³/mol. The highest BCUT2D eigenvalue weighted by atomic mass is 32.2. The van der Waals surface area contributed by atoms with Crippen LogP contribution in [0.15, 0.2) is 0 Å². The fraction of sp³-hybridized carbons (Fsp3) is 1.00.